The van der Waals surface area contributed by atoms with Gasteiger partial charge in [0, 0.05) is 45.1 Å². The molecule has 0 bridgehead atoms. The molecule has 0 N–H and O–H groups in total. The monoisotopic (exact) mass is 792 g/mol. The molecule has 7 aromatic carbocycles. The number of fused-ring (bicyclic) bond motifs is 5. The van der Waals surface area contributed by atoms with E-state index >= 15 is 0 Å². The molecule has 0 fully saturated rings. The van der Waals surface area contributed by atoms with Gasteiger partial charge in [-0.05, 0) is 89.2 Å². The van der Waals surface area contributed by atoms with Gasteiger partial charge in [0.15, 0.2) is 0 Å². The van der Waals surface area contributed by atoms with E-state index in [4.69, 9.17) is 14.1 Å². The second kappa shape index (κ2) is 14.3. The number of aromatic nitrogens is 2. The van der Waals surface area contributed by atoms with Crippen molar-refractivity contribution in [3.05, 3.63) is 193 Å². The first-order valence-corrected chi connectivity index (χ1v) is 20.9. The maximum Gasteiger partial charge on any atom is 0.228 e. The van der Waals surface area contributed by atoms with E-state index in [9.17, 15) is 0 Å². The zero-order valence-corrected chi connectivity index (χ0v) is 34.6. The average Bonchev–Trinajstić information content (AvgIpc) is 4.01. The van der Waals surface area contributed by atoms with E-state index in [-0.39, 0.29) is 5.41 Å². The van der Waals surface area contributed by atoms with Gasteiger partial charge in [0.1, 0.15) is 24.0 Å². The van der Waals surface area contributed by atoms with Gasteiger partial charge in [-0.1, -0.05) is 130 Å². The lowest BCUT2D eigenvalue weighted by molar-refractivity contribution is 0.479. The Morgan fingerprint density at radius 2 is 1.21 bits per heavy atom. The van der Waals surface area contributed by atoms with Crippen LogP contribution in [0.4, 0.5) is 22.7 Å². The van der Waals surface area contributed by atoms with Crippen molar-refractivity contribution >= 4 is 55.7 Å². The second-order valence-electron chi connectivity index (χ2n) is 17.0. The van der Waals surface area contributed by atoms with Crippen molar-refractivity contribution in [1.82, 2.24) is 9.55 Å². The number of para-hydroxylation sites is 4. The van der Waals surface area contributed by atoms with E-state index in [1.807, 2.05) is 6.07 Å². The highest BCUT2D eigenvalue weighted by molar-refractivity contribution is 6.09. The highest BCUT2D eigenvalue weighted by atomic mass is 16.5. The number of aryl methyl sites for hydroxylation is 1. The third-order valence-corrected chi connectivity index (χ3v) is 12.0. The molecule has 0 radical (unpaired) electrons. The van der Waals surface area contributed by atoms with Crippen LogP contribution in [0.2, 0.25) is 0 Å². The fourth-order valence-electron chi connectivity index (χ4n) is 9.00. The molecule has 0 unspecified atom stereocenters. The summed E-state index contributed by atoms with van der Waals surface area (Å²) in [6.45, 7) is 9.51. The number of nitrogens with zero attached hydrogens (tertiary/aromatic N) is 4. The molecule has 11 rings (SSSR count). The summed E-state index contributed by atoms with van der Waals surface area (Å²) in [5, 5.41) is 3.30. The quantitative estimate of drug-likeness (QED) is 0.161. The summed E-state index contributed by atoms with van der Waals surface area (Å²) in [6.07, 6.45) is 1.70. The molecular weight excluding hydrogens is 749 g/mol. The molecule has 0 aliphatic carbocycles. The van der Waals surface area contributed by atoms with Crippen LogP contribution < -0.4 is 14.5 Å². The van der Waals surface area contributed by atoms with E-state index in [1.54, 1.807) is 6.26 Å². The van der Waals surface area contributed by atoms with Gasteiger partial charge in [-0.3, -0.25) is 4.57 Å². The van der Waals surface area contributed by atoms with E-state index in [0.717, 1.165) is 67.1 Å². The number of pyridine rings is 1. The molecule has 0 spiro atoms. The number of ether oxygens (including phenoxy) is 1. The van der Waals surface area contributed by atoms with Crippen molar-refractivity contribution in [3.8, 4) is 39.6 Å². The predicted octanol–water partition coefficient (Wildman–Crippen LogP) is 14.9. The predicted molar refractivity (Wildman–Crippen MR) is 251 cm³/mol. The molecule has 61 heavy (non-hydrogen) atoms. The molecule has 0 saturated heterocycles. The number of benzene rings is 7. The highest BCUT2D eigenvalue weighted by Crippen LogP contribution is 2.51. The molecule has 0 amide bonds. The van der Waals surface area contributed by atoms with Crippen molar-refractivity contribution in [3.63, 3.8) is 0 Å². The Morgan fingerprint density at radius 1 is 0.557 bits per heavy atom. The Bertz CT molecular complexity index is 3210. The molecular formula is C55H44N4O2. The van der Waals surface area contributed by atoms with E-state index in [2.05, 4.69) is 212 Å². The van der Waals surface area contributed by atoms with E-state index in [1.165, 1.54) is 33.5 Å². The molecule has 10 aromatic rings. The Balaban J connectivity index is 1.03. The summed E-state index contributed by atoms with van der Waals surface area (Å²) in [7, 11) is 0. The fourth-order valence-corrected chi connectivity index (χ4v) is 9.00. The van der Waals surface area contributed by atoms with Crippen LogP contribution in [-0.4, -0.2) is 16.2 Å². The van der Waals surface area contributed by atoms with Crippen molar-refractivity contribution in [2.45, 2.75) is 33.1 Å². The van der Waals surface area contributed by atoms with Crippen LogP contribution in [0.3, 0.4) is 0 Å². The summed E-state index contributed by atoms with van der Waals surface area (Å²) in [4.78, 5) is 9.89. The van der Waals surface area contributed by atoms with Gasteiger partial charge < -0.3 is 19.0 Å². The zero-order chi connectivity index (χ0) is 41.2. The summed E-state index contributed by atoms with van der Waals surface area (Å²) < 4.78 is 15.0. The number of hydrogen-bond donors (Lipinski definition) is 0. The number of hydrogen-bond acceptors (Lipinski definition) is 5. The minimum Gasteiger partial charge on any atom is -0.457 e. The van der Waals surface area contributed by atoms with Gasteiger partial charge in [-0.15, -0.1) is 0 Å². The molecule has 3 aromatic heterocycles. The van der Waals surface area contributed by atoms with Gasteiger partial charge in [-0.2, -0.15) is 4.98 Å². The van der Waals surface area contributed by atoms with Crippen LogP contribution in [0.25, 0.3) is 61.0 Å². The molecule has 6 nitrogen and oxygen atoms in total. The fraction of sp³-hybridized carbons (Fsp3) is 0.109. The Labute approximate surface area is 355 Å². The second-order valence-corrected chi connectivity index (χ2v) is 17.0. The first-order chi connectivity index (χ1) is 29.8. The van der Waals surface area contributed by atoms with Crippen LogP contribution in [0, 0.1) is 6.92 Å². The van der Waals surface area contributed by atoms with Gasteiger partial charge in [0.2, 0.25) is 5.71 Å². The van der Waals surface area contributed by atoms with Crippen LogP contribution in [-0.2, 0) is 5.41 Å². The number of rotatable bonds is 7. The SMILES string of the molecule is Cc1cc(-n2c3ccccc3c3ccc(Oc4cc(N5CN(c6c(-c7ccccc7)cccc6-c6ccccc6)c6ccccc65)cc(C(C)(C)C)c4)cc32)nc2occc12. The first kappa shape index (κ1) is 36.5. The normalized spacial score (nSPS) is 12.8. The van der Waals surface area contributed by atoms with Gasteiger partial charge in [-0.25, -0.2) is 0 Å². The van der Waals surface area contributed by atoms with Gasteiger partial charge in [0.25, 0.3) is 0 Å². The van der Waals surface area contributed by atoms with Gasteiger partial charge >= 0.3 is 0 Å². The summed E-state index contributed by atoms with van der Waals surface area (Å²) in [5.74, 6) is 2.33. The maximum absolute atomic E-state index is 6.95. The molecule has 0 saturated carbocycles. The lowest BCUT2D eigenvalue weighted by atomic mass is 9.86. The zero-order valence-electron chi connectivity index (χ0n) is 34.6. The van der Waals surface area contributed by atoms with Crippen LogP contribution >= 0.6 is 0 Å². The lowest BCUT2D eigenvalue weighted by Gasteiger charge is -2.28. The van der Waals surface area contributed by atoms with E-state index in [0.29, 0.717) is 12.4 Å². The van der Waals surface area contributed by atoms with Crippen molar-refractivity contribution in [2.75, 3.05) is 16.5 Å². The Morgan fingerprint density at radius 3 is 1.93 bits per heavy atom. The molecule has 1 aliphatic rings. The molecule has 1 aliphatic heterocycles. The van der Waals surface area contributed by atoms with Crippen LogP contribution in [0.15, 0.2) is 187 Å². The van der Waals surface area contributed by atoms with Crippen LogP contribution in [0.1, 0.15) is 31.9 Å². The third kappa shape index (κ3) is 6.30. The third-order valence-electron chi connectivity index (χ3n) is 12.0. The largest absolute Gasteiger partial charge is 0.457 e. The number of furan rings is 1. The summed E-state index contributed by atoms with van der Waals surface area (Å²) in [5.41, 5.74) is 14.2. The topological polar surface area (TPSA) is 46.7 Å². The first-order valence-electron chi connectivity index (χ1n) is 20.9. The summed E-state index contributed by atoms with van der Waals surface area (Å²) in [6, 6.07) is 62.6. The maximum atomic E-state index is 6.95. The standard InChI is InChI=1S/C55H44N4O2/c1-36-30-52(56-54-43(36)28-29-60-54)59-48-23-12-11-20-46(48)47-27-26-41(34-51(47)59)61-42-32-39(55(2,3)4)31-40(33-42)57-35-58(50-25-14-13-24-49(50)57)53-44(37-16-7-5-8-17-37)21-15-22-45(53)38-18-9-6-10-19-38/h5-34H,35H2,1-4H3. The molecule has 6 heteroatoms. The molecule has 0 atom stereocenters. The average molecular weight is 793 g/mol. The molecule has 296 valence electrons. The summed E-state index contributed by atoms with van der Waals surface area (Å²) >= 11 is 0. The lowest BCUT2D eigenvalue weighted by Crippen LogP contribution is -2.25. The smallest absolute Gasteiger partial charge is 0.228 e. The Kier molecular flexibility index (Phi) is 8.57. The van der Waals surface area contributed by atoms with Crippen molar-refractivity contribution in [1.29, 1.82) is 0 Å². The Hall–Kier alpha value is -7.57. The number of anilines is 4. The van der Waals surface area contributed by atoms with Crippen molar-refractivity contribution < 1.29 is 9.15 Å². The highest BCUT2D eigenvalue weighted by Gasteiger charge is 2.32. The molecule has 4 heterocycles. The van der Waals surface area contributed by atoms with Gasteiger partial charge in [0.05, 0.1) is 34.4 Å². The van der Waals surface area contributed by atoms with Crippen LogP contribution in [0.5, 0.6) is 11.5 Å². The van der Waals surface area contributed by atoms with E-state index < -0.39 is 0 Å². The minimum atomic E-state index is -0.141. The minimum absolute atomic E-state index is 0.141. The van der Waals surface area contributed by atoms with Crippen molar-refractivity contribution in [2.24, 2.45) is 0 Å².